The minimum Gasteiger partial charge on any atom is -0.377 e. The normalized spacial score (nSPS) is 17.0. The molecule has 2 N–H and O–H groups in total. The highest BCUT2D eigenvalue weighted by atomic mass is 19.4. The molecular formula is C20H18F3N5O2. The van der Waals surface area contributed by atoms with Crippen LogP contribution < -0.4 is 15.8 Å². The number of halogens is 3. The van der Waals surface area contributed by atoms with Crippen LogP contribution in [-0.2, 0) is 4.74 Å². The monoisotopic (exact) mass is 417 g/mol. The van der Waals surface area contributed by atoms with E-state index in [4.69, 9.17) is 4.74 Å². The molecule has 4 rings (SSSR count). The molecule has 3 aromatic rings. The number of hydrogen-bond donors (Lipinski definition) is 2. The van der Waals surface area contributed by atoms with Crippen molar-refractivity contribution in [1.82, 2.24) is 15.0 Å². The Kier molecular flexibility index (Phi) is 5.40. The molecule has 156 valence electrons. The second-order valence-electron chi connectivity index (χ2n) is 6.70. The molecule has 1 saturated heterocycles. The van der Waals surface area contributed by atoms with Crippen molar-refractivity contribution in [2.75, 3.05) is 30.0 Å². The van der Waals surface area contributed by atoms with Crippen molar-refractivity contribution >= 4 is 17.5 Å². The molecule has 1 aliphatic heterocycles. The maximum atomic E-state index is 13.4. The number of ether oxygens (including phenoxy) is 1. The highest BCUT2D eigenvalue weighted by Crippen LogP contribution is 2.31. The molecule has 10 heteroatoms. The average molecular weight is 417 g/mol. The lowest BCUT2D eigenvalue weighted by Gasteiger charge is -2.37. The number of benzene rings is 1. The number of hydrogen-bond acceptors (Lipinski definition) is 6. The number of pyridine rings is 1. The van der Waals surface area contributed by atoms with Gasteiger partial charge in [-0.15, -0.1) is 0 Å². The summed E-state index contributed by atoms with van der Waals surface area (Å²) in [6.45, 7) is -0.347. The lowest BCUT2D eigenvalue weighted by Crippen LogP contribution is -2.54. The van der Waals surface area contributed by atoms with Gasteiger partial charge >= 0.3 is 6.18 Å². The van der Waals surface area contributed by atoms with E-state index in [2.05, 4.69) is 20.3 Å². The van der Waals surface area contributed by atoms with Gasteiger partial charge in [-0.3, -0.25) is 4.79 Å². The maximum Gasteiger partial charge on any atom is 0.411 e. The van der Waals surface area contributed by atoms with Crippen molar-refractivity contribution in [2.45, 2.75) is 12.2 Å². The Morgan fingerprint density at radius 1 is 1.17 bits per heavy atom. The Hall–Kier alpha value is -3.40. The third kappa shape index (κ3) is 4.43. The van der Waals surface area contributed by atoms with Gasteiger partial charge in [0.2, 0.25) is 11.5 Å². The van der Waals surface area contributed by atoms with Crippen molar-refractivity contribution in [2.24, 2.45) is 0 Å². The van der Waals surface area contributed by atoms with Crippen molar-refractivity contribution in [3.05, 3.63) is 65.1 Å². The predicted molar refractivity (Wildman–Crippen MR) is 106 cm³/mol. The van der Waals surface area contributed by atoms with Crippen LogP contribution in [0, 0.1) is 0 Å². The van der Waals surface area contributed by atoms with Crippen LogP contribution in [0.4, 0.5) is 30.6 Å². The van der Waals surface area contributed by atoms with E-state index < -0.39 is 24.4 Å². The first kappa shape index (κ1) is 19.9. The molecule has 0 radical (unpaired) electrons. The van der Waals surface area contributed by atoms with Gasteiger partial charge in [-0.2, -0.15) is 13.2 Å². The fourth-order valence-electron chi connectivity index (χ4n) is 3.22. The zero-order valence-electron chi connectivity index (χ0n) is 15.7. The number of H-pyrrole nitrogens is 1. The van der Waals surface area contributed by atoms with Crippen molar-refractivity contribution < 1.29 is 17.9 Å². The van der Waals surface area contributed by atoms with Crippen LogP contribution >= 0.6 is 0 Å². The summed E-state index contributed by atoms with van der Waals surface area (Å²) in [4.78, 5) is 24.4. The van der Waals surface area contributed by atoms with Gasteiger partial charge in [-0.05, 0) is 24.3 Å². The zero-order valence-corrected chi connectivity index (χ0v) is 15.7. The van der Waals surface area contributed by atoms with Crippen LogP contribution in [0.3, 0.4) is 0 Å². The summed E-state index contributed by atoms with van der Waals surface area (Å²) in [7, 11) is 0. The number of rotatable bonds is 4. The molecule has 7 nitrogen and oxygen atoms in total. The molecular weight excluding hydrogens is 399 g/mol. The van der Waals surface area contributed by atoms with Gasteiger partial charge in [-0.1, -0.05) is 18.2 Å². The van der Waals surface area contributed by atoms with Gasteiger partial charge in [0.05, 0.1) is 18.9 Å². The van der Waals surface area contributed by atoms with Crippen LogP contribution in [0.5, 0.6) is 0 Å². The van der Waals surface area contributed by atoms with Gasteiger partial charge in [0.25, 0.3) is 0 Å². The van der Waals surface area contributed by atoms with Crippen LogP contribution in [-0.4, -0.2) is 46.9 Å². The molecule has 0 bridgehead atoms. The van der Waals surface area contributed by atoms with E-state index in [1.165, 1.54) is 18.3 Å². The summed E-state index contributed by atoms with van der Waals surface area (Å²) < 4.78 is 45.3. The van der Waals surface area contributed by atoms with Crippen molar-refractivity contribution in [3.8, 4) is 11.3 Å². The van der Waals surface area contributed by atoms with Crippen LogP contribution in [0.1, 0.15) is 0 Å². The fraction of sp³-hybridized carbons (Fsp3) is 0.250. The minimum absolute atomic E-state index is 0.00809. The third-order valence-corrected chi connectivity index (χ3v) is 4.63. The van der Waals surface area contributed by atoms with E-state index in [1.54, 1.807) is 6.07 Å². The molecule has 30 heavy (non-hydrogen) atoms. The second-order valence-corrected chi connectivity index (χ2v) is 6.70. The highest BCUT2D eigenvalue weighted by molar-refractivity contribution is 5.65. The SMILES string of the molecule is O=c1cc(-c2ccnc(Nc3ccccc3)n2)cc(N2CCOCC2C(F)(F)F)[nH]1. The maximum absolute atomic E-state index is 13.4. The molecule has 1 aliphatic rings. The molecule has 1 aromatic carbocycles. The summed E-state index contributed by atoms with van der Waals surface area (Å²) >= 11 is 0. The van der Waals surface area contributed by atoms with Crippen LogP contribution in [0.2, 0.25) is 0 Å². The molecule has 2 aromatic heterocycles. The topological polar surface area (TPSA) is 83.1 Å². The standard InChI is InChI=1S/C20H18F3N5O2/c21-20(22,23)16-12-30-9-8-28(16)17-10-13(11-18(29)27-17)15-6-7-24-19(26-15)25-14-4-2-1-3-5-14/h1-7,10-11,16H,8-9,12H2,(H,27,29)(H,24,25,26). The molecule has 1 atom stereocenters. The number of nitrogens with one attached hydrogen (secondary N) is 2. The lowest BCUT2D eigenvalue weighted by atomic mass is 10.1. The first-order valence-electron chi connectivity index (χ1n) is 9.21. The van der Waals surface area contributed by atoms with Gasteiger partial charge in [-0.25, -0.2) is 9.97 Å². The molecule has 0 aliphatic carbocycles. The fourth-order valence-corrected chi connectivity index (χ4v) is 3.22. The molecule has 0 saturated carbocycles. The highest BCUT2D eigenvalue weighted by Gasteiger charge is 2.45. The Balaban J connectivity index is 1.67. The molecule has 1 fully saturated rings. The van der Waals surface area contributed by atoms with Gasteiger partial charge < -0.3 is 19.9 Å². The minimum atomic E-state index is -4.49. The number of nitrogens with zero attached hydrogens (tertiary/aromatic N) is 3. The number of para-hydroxylation sites is 1. The first-order chi connectivity index (χ1) is 14.4. The number of aromatic amines is 1. The Morgan fingerprint density at radius 3 is 2.73 bits per heavy atom. The summed E-state index contributed by atoms with van der Waals surface area (Å²) in [6, 6.07) is 11.8. The number of aromatic nitrogens is 3. The summed E-state index contributed by atoms with van der Waals surface area (Å²) in [5, 5.41) is 3.05. The molecule has 1 unspecified atom stereocenters. The van der Waals surface area contributed by atoms with Gasteiger partial charge in [0.15, 0.2) is 0 Å². The predicted octanol–water partition coefficient (Wildman–Crippen LogP) is 3.34. The van der Waals surface area contributed by atoms with Crippen LogP contribution in [0.25, 0.3) is 11.3 Å². The molecule has 0 spiro atoms. The van der Waals surface area contributed by atoms with E-state index in [9.17, 15) is 18.0 Å². The Labute approximate surface area is 169 Å². The molecule has 3 heterocycles. The van der Waals surface area contributed by atoms with Crippen LogP contribution in [0.15, 0.2) is 59.5 Å². The van der Waals surface area contributed by atoms with E-state index in [-0.39, 0.29) is 19.0 Å². The number of alkyl halides is 3. The van der Waals surface area contributed by atoms with E-state index in [0.29, 0.717) is 17.2 Å². The van der Waals surface area contributed by atoms with E-state index in [0.717, 1.165) is 10.6 Å². The summed E-state index contributed by atoms with van der Waals surface area (Å²) in [5.74, 6) is 0.374. The average Bonchev–Trinajstić information content (AvgIpc) is 2.74. The largest absolute Gasteiger partial charge is 0.411 e. The van der Waals surface area contributed by atoms with Crippen molar-refractivity contribution in [3.63, 3.8) is 0 Å². The zero-order chi connectivity index (χ0) is 21.1. The number of morpholine rings is 1. The first-order valence-corrected chi connectivity index (χ1v) is 9.21. The van der Waals surface area contributed by atoms with Gasteiger partial charge in [0.1, 0.15) is 11.9 Å². The summed E-state index contributed by atoms with van der Waals surface area (Å²) in [6.07, 6.45) is -2.98. The Morgan fingerprint density at radius 2 is 1.97 bits per heavy atom. The smallest absolute Gasteiger partial charge is 0.377 e. The lowest BCUT2D eigenvalue weighted by molar-refractivity contribution is -0.167. The Bertz CT molecular complexity index is 1070. The summed E-state index contributed by atoms with van der Waals surface area (Å²) in [5.41, 5.74) is 1.06. The molecule has 0 amide bonds. The van der Waals surface area contributed by atoms with E-state index >= 15 is 0 Å². The van der Waals surface area contributed by atoms with Crippen molar-refractivity contribution in [1.29, 1.82) is 0 Å². The quantitative estimate of drug-likeness (QED) is 0.678. The number of anilines is 3. The third-order valence-electron chi connectivity index (χ3n) is 4.63. The van der Waals surface area contributed by atoms with E-state index in [1.807, 2.05) is 30.3 Å². The second kappa shape index (κ2) is 8.15. The van der Waals surface area contributed by atoms with Gasteiger partial charge in [0, 0.05) is 30.1 Å².